The largest absolute Gasteiger partial charge is 0.382 e. The molecule has 2 N–H and O–H groups in total. The van der Waals surface area contributed by atoms with Crippen LogP contribution in [-0.2, 0) is 18.2 Å². The normalized spacial score (nSPS) is 15.4. The summed E-state index contributed by atoms with van der Waals surface area (Å²) in [4.78, 5) is 1.43. The Morgan fingerprint density at radius 2 is 2.29 bits per heavy atom. The van der Waals surface area contributed by atoms with E-state index in [0.717, 1.165) is 6.42 Å². The first-order chi connectivity index (χ1) is 6.61. The first-order valence-electron chi connectivity index (χ1n) is 4.63. The molecular weight excluding hydrogens is 182 g/mol. The van der Waals surface area contributed by atoms with Gasteiger partial charge in [-0.2, -0.15) is 4.80 Å². The summed E-state index contributed by atoms with van der Waals surface area (Å²) >= 11 is 0. The van der Waals surface area contributed by atoms with Crippen LogP contribution < -0.4 is 5.73 Å². The second-order valence-electron chi connectivity index (χ2n) is 3.44. The Bertz CT molecular complexity index is 274. The van der Waals surface area contributed by atoms with E-state index >= 15 is 0 Å². The van der Waals surface area contributed by atoms with E-state index in [1.807, 2.05) is 6.92 Å². The van der Waals surface area contributed by atoms with Crippen LogP contribution in [0.3, 0.4) is 0 Å². The zero-order valence-corrected chi connectivity index (χ0v) is 8.84. The Kier molecular flexibility index (Phi) is 3.97. The van der Waals surface area contributed by atoms with Gasteiger partial charge in [0, 0.05) is 19.6 Å². The maximum atomic E-state index is 5.89. The minimum absolute atomic E-state index is 0.0224. The van der Waals surface area contributed by atoms with Crippen molar-refractivity contribution in [2.75, 3.05) is 7.11 Å². The van der Waals surface area contributed by atoms with Crippen molar-refractivity contribution >= 4 is 0 Å². The molecule has 6 heteroatoms. The van der Waals surface area contributed by atoms with Crippen molar-refractivity contribution in [1.82, 2.24) is 20.2 Å². The van der Waals surface area contributed by atoms with Crippen LogP contribution in [0.5, 0.6) is 0 Å². The molecule has 0 aliphatic carbocycles. The predicted molar refractivity (Wildman–Crippen MR) is 51.6 cm³/mol. The van der Waals surface area contributed by atoms with Gasteiger partial charge in [-0.1, -0.05) is 0 Å². The van der Waals surface area contributed by atoms with Crippen molar-refractivity contribution in [3.63, 3.8) is 0 Å². The number of hydrogen-bond donors (Lipinski definition) is 1. The van der Waals surface area contributed by atoms with Crippen molar-refractivity contribution in [3.05, 3.63) is 5.82 Å². The Morgan fingerprint density at radius 3 is 2.79 bits per heavy atom. The standard InChI is InChI=1S/C8H17N5O/c1-6(14-3)4-7(9)5-8-10-12-13(2)11-8/h6-7H,4-5,9H2,1-3H3. The van der Waals surface area contributed by atoms with Crippen LogP contribution in [0.25, 0.3) is 0 Å². The SMILES string of the molecule is COC(C)CC(N)Cc1nnn(C)n1. The zero-order chi connectivity index (χ0) is 10.6. The van der Waals surface area contributed by atoms with Crippen LogP contribution in [-0.4, -0.2) is 39.5 Å². The van der Waals surface area contributed by atoms with Crippen molar-refractivity contribution < 1.29 is 4.74 Å². The Balaban J connectivity index is 2.37. The topological polar surface area (TPSA) is 78.9 Å². The summed E-state index contributed by atoms with van der Waals surface area (Å²) in [5.41, 5.74) is 5.89. The Hall–Kier alpha value is -1.01. The number of methoxy groups -OCH3 is 1. The molecule has 0 aliphatic rings. The lowest BCUT2D eigenvalue weighted by Crippen LogP contribution is -2.28. The summed E-state index contributed by atoms with van der Waals surface area (Å²) in [6, 6.07) is 0.0224. The zero-order valence-electron chi connectivity index (χ0n) is 8.84. The van der Waals surface area contributed by atoms with E-state index in [9.17, 15) is 0 Å². The fourth-order valence-corrected chi connectivity index (χ4v) is 1.25. The van der Waals surface area contributed by atoms with Crippen molar-refractivity contribution in [3.8, 4) is 0 Å². The fourth-order valence-electron chi connectivity index (χ4n) is 1.25. The first kappa shape index (κ1) is 11.1. The molecule has 80 valence electrons. The summed E-state index contributed by atoms with van der Waals surface area (Å²) in [6.45, 7) is 1.99. The average molecular weight is 199 g/mol. The van der Waals surface area contributed by atoms with Crippen LogP contribution in [0.1, 0.15) is 19.2 Å². The molecule has 0 saturated heterocycles. The summed E-state index contributed by atoms with van der Waals surface area (Å²) in [7, 11) is 3.41. The number of tetrazole rings is 1. The second-order valence-corrected chi connectivity index (χ2v) is 3.44. The van der Waals surface area contributed by atoms with Gasteiger partial charge >= 0.3 is 0 Å². The molecule has 0 spiro atoms. The molecule has 0 fully saturated rings. The highest BCUT2D eigenvalue weighted by atomic mass is 16.5. The Labute approximate surface area is 83.4 Å². The monoisotopic (exact) mass is 199 g/mol. The van der Waals surface area contributed by atoms with Gasteiger partial charge in [0.25, 0.3) is 0 Å². The minimum atomic E-state index is 0.0224. The van der Waals surface area contributed by atoms with Crippen LogP contribution in [0.4, 0.5) is 0 Å². The molecule has 2 atom stereocenters. The minimum Gasteiger partial charge on any atom is -0.382 e. The summed E-state index contributed by atoms with van der Waals surface area (Å²) in [5, 5.41) is 11.7. The summed E-state index contributed by atoms with van der Waals surface area (Å²) < 4.78 is 5.12. The van der Waals surface area contributed by atoms with Crippen molar-refractivity contribution in [2.45, 2.75) is 31.9 Å². The smallest absolute Gasteiger partial charge is 0.176 e. The van der Waals surface area contributed by atoms with Gasteiger partial charge in [0.1, 0.15) is 0 Å². The van der Waals surface area contributed by atoms with Gasteiger partial charge in [0.05, 0.1) is 13.2 Å². The van der Waals surface area contributed by atoms with E-state index in [1.165, 1.54) is 4.80 Å². The number of aryl methyl sites for hydroxylation is 1. The lowest BCUT2D eigenvalue weighted by molar-refractivity contribution is 0.104. The molecule has 6 nitrogen and oxygen atoms in total. The van der Waals surface area contributed by atoms with Crippen molar-refractivity contribution in [2.24, 2.45) is 12.8 Å². The summed E-state index contributed by atoms with van der Waals surface area (Å²) in [5.74, 6) is 0.684. The van der Waals surface area contributed by atoms with E-state index in [0.29, 0.717) is 12.2 Å². The van der Waals surface area contributed by atoms with Gasteiger partial charge in [-0.25, -0.2) is 0 Å². The van der Waals surface area contributed by atoms with Gasteiger partial charge < -0.3 is 10.5 Å². The van der Waals surface area contributed by atoms with Crippen LogP contribution in [0.15, 0.2) is 0 Å². The third-order valence-electron chi connectivity index (χ3n) is 2.03. The molecule has 0 bridgehead atoms. The highest BCUT2D eigenvalue weighted by Crippen LogP contribution is 2.02. The average Bonchev–Trinajstić information content (AvgIpc) is 2.50. The van der Waals surface area contributed by atoms with Crippen LogP contribution in [0, 0.1) is 0 Å². The van der Waals surface area contributed by atoms with Gasteiger partial charge in [0.15, 0.2) is 5.82 Å². The second kappa shape index (κ2) is 5.02. The van der Waals surface area contributed by atoms with Crippen molar-refractivity contribution in [1.29, 1.82) is 0 Å². The number of hydrogen-bond acceptors (Lipinski definition) is 5. The van der Waals surface area contributed by atoms with E-state index in [2.05, 4.69) is 15.4 Å². The van der Waals surface area contributed by atoms with Gasteiger partial charge in [-0.15, -0.1) is 10.2 Å². The molecule has 0 saturated carbocycles. The maximum Gasteiger partial charge on any atom is 0.176 e. The molecule has 0 amide bonds. The lowest BCUT2D eigenvalue weighted by Gasteiger charge is -2.14. The van der Waals surface area contributed by atoms with E-state index < -0.39 is 0 Å². The molecule has 14 heavy (non-hydrogen) atoms. The number of ether oxygens (including phenoxy) is 1. The molecule has 1 aromatic rings. The maximum absolute atomic E-state index is 5.89. The molecule has 1 aromatic heterocycles. The number of nitrogens with two attached hydrogens (primary N) is 1. The van der Waals surface area contributed by atoms with Gasteiger partial charge in [-0.05, 0) is 18.6 Å². The molecular formula is C8H17N5O. The van der Waals surface area contributed by atoms with E-state index in [1.54, 1.807) is 14.2 Å². The third-order valence-corrected chi connectivity index (χ3v) is 2.03. The Morgan fingerprint density at radius 1 is 1.57 bits per heavy atom. The molecule has 0 aliphatic heterocycles. The van der Waals surface area contributed by atoms with Crippen LogP contribution >= 0.6 is 0 Å². The van der Waals surface area contributed by atoms with Gasteiger partial charge in [0.2, 0.25) is 0 Å². The van der Waals surface area contributed by atoms with E-state index in [-0.39, 0.29) is 12.1 Å². The first-order valence-corrected chi connectivity index (χ1v) is 4.63. The molecule has 0 radical (unpaired) electrons. The van der Waals surface area contributed by atoms with E-state index in [4.69, 9.17) is 10.5 Å². The number of nitrogens with zero attached hydrogens (tertiary/aromatic N) is 4. The van der Waals surface area contributed by atoms with Gasteiger partial charge in [-0.3, -0.25) is 0 Å². The number of rotatable bonds is 5. The molecule has 1 heterocycles. The molecule has 0 aromatic carbocycles. The molecule has 1 rings (SSSR count). The van der Waals surface area contributed by atoms with Crippen LogP contribution in [0.2, 0.25) is 0 Å². The predicted octanol–water partition coefficient (Wildman–Crippen LogP) is -0.495. The quantitative estimate of drug-likeness (QED) is 0.692. The third kappa shape index (κ3) is 3.39. The molecule has 2 unspecified atom stereocenters. The lowest BCUT2D eigenvalue weighted by atomic mass is 10.1. The highest BCUT2D eigenvalue weighted by Gasteiger charge is 2.11. The fraction of sp³-hybridized carbons (Fsp3) is 0.875. The number of aromatic nitrogens is 4. The summed E-state index contributed by atoms with van der Waals surface area (Å²) in [6.07, 6.45) is 1.61. The highest BCUT2D eigenvalue weighted by molar-refractivity contribution is 4.83.